The smallest absolute Gasteiger partial charge is 0.241 e. The molecule has 2 heterocycles. The van der Waals surface area contributed by atoms with Crippen molar-refractivity contribution in [3.63, 3.8) is 0 Å². The third-order valence-electron chi connectivity index (χ3n) is 3.47. The standard InChI is InChI=1S/C16H24N6O2.HI/c1-21(2)15(23)12-19-16(17-8-7-14-5-4-10-24-14)18-11-13-6-9-20-22(13)3;/h4-6,9-10H,7-8,11-12H2,1-3H3,(H2,17,18,19);1H. The van der Waals surface area contributed by atoms with Gasteiger partial charge in [-0.2, -0.15) is 5.10 Å². The van der Waals surface area contributed by atoms with Crippen molar-refractivity contribution in [3.8, 4) is 0 Å². The van der Waals surface area contributed by atoms with Crippen LogP contribution in [0.2, 0.25) is 0 Å². The summed E-state index contributed by atoms with van der Waals surface area (Å²) in [6.45, 7) is 1.31. The second-order valence-electron chi connectivity index (χ2n) is 5.51. The van der Waals surface area contributed by atoms with Crippen LogP contribution in [0.5, 0.6) is 0 Å². The molecular weight excluding hydrogens is 435 g/mol. The summed E-state index contributed by atoms with van der Waals surface area (Å²) in [6.07, 6.45) is 4.12. The minimum absolute atomic E-state index is 0. The molecule has 0 aliphatic heterocycles. The highest BCUT2D eigenvalue weighted by atomic mass is 127. The summed E-state index contributed by atoms with van der Waals surface area (Å²) in [4.78, 5) is 17.8. The first-order chi connectivity index (χ1) is 11.6. The molecule has 2 rings (SSSR count). The van der Waals surface area contributed by atoms with Gasteiger partial charge in [-0.15, -0.1) is 24.0 Å². The molecule has 0 bridgehead atoms. The summed E-state index contributed by atoms with van der Waals surface area (Å²) in [5.41, 5.74) is 0.987. The SMILES string of the molecule is CN(C)C(=O)CNC(=NCc1ccnn1C)NCCc1ccco1.I. The maximum Gasteiger partial charge on any atom is 0.241 e. The lowest BCUT2D eigenvalue weighted by Gasteiger charge is -2.14. The highest BCUT2D eigenvalue weighted by Crippen LogP contribution is 2.00. The van der Waals surface area contributed by atoms with E-state index >= 15 is 0 Å². The first-order valence-corrected chi connectivity index (χ1v) is 7.78. The number of nitrogens with one attached hydrogen (secondary N) is 2. The van der Waals surface area contributed by atoms with Crippen LogP contribution in [0.15, 0.2) is 40.1 Å². The van der Waals surface area contributed by atoms with Gasteiger partial charge in [-0.3, -0.25) is 9.48 Å². The molecule has 0 aromatic carbocycles. The van der Waals surface area contributed by atoms with E-state index in [0.29, 0.717) is 19.0 Å². The summed E-state index contributed by atoms with van der Waals surface area (Å²) < 4.78 is 7.08. The van der Waals surface area contributed by atoms with Crippen molar-refractivity contribution in [2.24, 2.45) is 12.0 Å². The third kappa shape index (κ3) is 7.16. The summed E-state index contributed by atoms with van der Waals surface area (Å²) in [7, 11) is 5.32. The van der Waals surface area contributed by atoms with Crippen LogP contribution in [-0.4, -0.2) is 53.7 Å². The number of aryl methyl sites for hydroxylation is 1. The lowest BCUT2D eigenvalue weighted by molar-refractivity contribution is -0.127. The fourth-order valence-electron chi connectivity index (χ4n) is 1.97. The number of likely N-dealkylation sites (N-methyl/N-ethyl adjacent to an activating group) is 1. The Balaban J connectivity index is 0.00000312. The van der Waals surface area contributed by atoms with E-state index in [1.165, 1.54) is 4.90 Å². The van der Waals surface area contributed by atoms with Crippen LogP contribution >= 0.6 is 24.0 Å². The normalized spacial score (nSPS) is 10.9. The first-order valence-electron chi connectivity index (χ1n) is 7.78. The molecule has 0 aliphatic carbocycles. The number of nitrogens with zero attached hydrogens (tertiary/aromatic N) is 4. The van der Waals surface area contributed by atoms with Crippen molar-refractivity contribution in [2.45, 2.75) is 13.0 Å². The van der Waals surface area contributed by atoms with E-state index in [2.05, 4.69) is 20.7 Å². The van der Waals surface area contributed by atoms with E-state index in [-0.39, 0.29) is 36.4 Å². The molecule has 0 radical (unpaired) electrons. The molecule has 2 aromatic rings. The minimum Gasteiger partial charge on any atom is -0.469 e. The Morgan fingerprint density at radius 3 is 2.76 bits per heavy atom. The Labute approximate surface area is 164 Å². The van der Waals surface area contributed by atoms with Gasteiger partial charge in [0.1, 0.15) is 5.76 Å². The zero-order valence-corrected chi connectivity index (χ0v) is 17.1. The van der Waals surface area contributed by atoms with Gasteiger partial charge in [-0.05, 0) is 18.2 Å². The minimum atomic E-state index is -0.0175. The van der Waals surface area contributed by atoms with Crippen molar-refractivity contribution in [1.29, 1.82) is 0 Å². The number of aromatic nitrogens is 2. The second-order valence-corrected chi connectivity index (χ2v) is 5.51. The van der Waals surface area contributed by atoms with Crippen molar-refractivity contribution < 1.29 is 9.21 Å². The quantitative estimate of drug-likeness (QED) is 0.366. The van der Waals surface area contributed by atoms with Crippen LogP contribution < -0.4 is 10.6 Å². The molecule has 0 fully saturated rings. The molecule has 8 nitrogen and oxygen atoms in total. The van der Waals surface area contributed by atoms with Crippen LogP contribution in [0.1, 0.15) is 11.5 Å². The van der Waals surface area contributed by atoms with Crippen molar-refractivity contribution in [2.75, 3.05) is 27.2 Å². The largest absolute Gasteiger partial charge is 0.469 e. The monoisotopic (exact) mass is 460 g/mol. The van der Waals surface area contributed by atoms with Gasteiger partial charge in [0.05, 0.1) is 25.0 Å². The third-order valence-corrected chi connectivity index (χ3v) is 3.47. The number of carbonyl (C=O) groups is 1. The van der Waals surface area contributed by atoms with E-state index in [9.17, 15) is 4.79 Å². The summed E-state index contributed by atoms with van der Waals surface area (Å²) >= 11 is 0. The molecule has 1 amide bonds. The molecule has 0 unspecified atom stereocenters. The predicted molar refractivity (Wildman–Crippen MR) is 107 cm³/mol. The van der Waals surface area contributed by atoms with Crippen LogP contribution in [0.4, 0.5) is 0 Å². The first kappa shape index (κ1) is 21.0. The molecule has 0 aliphatic rings. The average molecular weight is 460 g/mol. The lowest BCUT2D eigenvalue weighted by atomic mass is 10.3. The van der Waals surface area contributed by atoms with Gasteiger partial charge < -0.3 is 20.0 Å². The zero-order chi connectivity index (χ0) is 17.4. The summed E-state index contributed by atoms with van der Waals surface area (Å²) in [6, 6.07) is 5.70. The van der Waals surface area contributed by atoms with Crippen molar-refractivity contribution in [1.82, 2.24) is 25.3 Å². The topological polar surface area (TPSA) is 87.7 Å². The Hall–Kier alpha value is -2.04. The van der Waals surface area contributed by atoms with E-state index in [1.807, 2.05) is 25.2 Å². The lowest BCUT2D eigenvalue weighted by Crippen LogP contribution is -2.43. The summed E-state index contributed by atoms with van der Waals surface area (Å²) in [5.74, 6) is 1.46. The van der Waals surface area contributed by atoms with Crippen LogP contribution in [-0.2, 0) is 24.8 Å². The number of carbonyl (C=O) groups excluding carboxylic acids is 1. The predicted octanol–water partition coefficient (Wildman–Crippen LogP) is 0.997. The van der Waals surface area contributed by atoms with Crippen LogP contribution in [0.25, 0.3) is 0 Å². The Bertz CT molecular complexity index is 666. The molecule has 0 saturated carbocycles. The molecular formula is C16H25IN6O2. The maximum atomic E-state index is 11.7. The van der Waals surface area contributed by atoms with E-state index in [4.69, 9.17) is 4.42 Å². The number of guanidine groups is 1. The number of halogens is 1. The highest BCUT2D eigenvalue weighted by Gasteiger charge is 2.07. The van der Waals surface area contributed by atoms with Crippen LogP contribution in [0.3, 0.4) is 0 Å². The van der Waals surface area contributed by atoms with Gasteiger partial charge in [0.15, 0.2) is 5.96 Å². The Morgan fingerprint density at radius 1 is 1.36 bits per heavy atom. The number of rotatable bonds is 7. The van der Waals surface area contributed by atoms with Gasteiger partial charge in [-0.1, -0.05) is 0 Å². The number of hydrogen-bond donors (Lipinski definition) is 2. The number of furan rings is 1. The van der Waals surface area contributed by atoms with E-state index in [0.717, 1.165) is 17.9 Å². The number of hydrogen-bond acceptors (Lipinski definition) is 4. The fraction of sp³-hybridized carbons (Fsp3) is 0.438. The molecule has 138 valence electrons. The Morgan fingerprint density at radius 2 is 2.16 bits per heavy atom. The molecule has 9 heteroatoms. The molecule has 0 spiro atoms. The Kier molecular flexibility index (Phi) is 9.03. The van der Waals surface area contributed by atoms with Crippen LogP contribution in [0, 0.1) is 0 Å². The van der Waals surface area contributed by atoms with Gasteiger partial charge >= 0.3 is 0 Å². The molecule has 25 heavy (non-hydrogen) atoms. The van der Waals surface area contributed by atoms with E-state index in [1.54, 1.807) is 31.2 Å². The van der Waals surface area contributed by atoms with Gasteiger partial charge in [0.25, 0.3) is 0 Å². The average Bonchev–Trinajstić information content (AvgIpc) is 3.20. The molecule has 2 N–H and O–H groups in total. The highest BCUT2D eigenvalue weighted by molar-refractivity contribution is 14.0. The molecule has 2 aromatic heterocycles. The zero-order valence-electron chi connectivity index (χ0n) is 14.7. The summed E-state index contributed by atoms with van der Waals surface area (Å²) in [5, 5.41) is 10.4. The van der Waals surface area contributed by atoms with Crippen molar-refractivity contribution >= 4 is 35.8 Å². The molecule has 0 saturated heterocycles. The van der Waals surface area contributed by atoms with Crippen molar-refractivity contribution in [3.05, 3.63) is 42.1 Å². The fourth-order valence-corrected chi connectivity index (χ4v) is 1.97. The van der Waals surface area contributed by atoms with E-state index < -0.39 is 0 Å². The maximum absolute atomic E-state index is 11.7. The number of amides is 1. The van der Waals surface area contributed by atoms with Gasteiger partial charge in [-0.25, -0.2) is 4.99 Å². The second kappa shape index (κ2) is 10.7. The van der Waals surface area contributed by atoms with Gasteiger partial charge in [0.2, 0.25) is 5.91 Å². The van der Waals surface area contributed by atoms with Gasteiger partial charge in [0, 0.05) is 40.3 Å². The number of aliphatic imine (C=N–C) groups is 1. The molecule has 0 atom stereocenters.